The zero-order valence-corrected chi connectivity index (χ0v) is 59.8. The zero-order chi connectivity index (χ0) is 72.0. The van der Waals surface area contributed by atoms with Crippen molar-refractivity contribution in [3.63, 3.8) is 0 Å². The highest BCUT2D eigenvalue weighted by Gasteiger charge is 2.61. The molecule has 0 saturated carbocycles. The molecule has 9 N–H and O–H groups in total. The van der Waals surface area contributed by atoms with Crippen molar-refractivity contribution in [2.45, 2.75) is 133 Å². The molecule has 3 saturated heterocycles. The van der Waals surface area contributed by atoms with Crippen LogP contribution in [0, 0.1) is 0 Å². The average molecular weight is 1490 g/mol. The number of amides is 5. The Bertz CT molecular complexity index is 4710. The van der Waals surface area contributed by atoms with Crippen LogP contribution in [-0.2, 0) is 60.7 Å². The summed E-state index contributed by atoms with van der Waals surface area (Å²) < 4.78 is 52.2. The molecule has 11 unspecified atom stereocenters. The highest BCUT2D eigenvalue weighted by Crippen LogP contribution is 2.48. The fourth-order valence-corrected chi connectivity index (χ4v) is 18.0. The molecule has 0 aliphatic carbocycles. The maximum atomic E-state index is 15.5. The first-order valence-electron chi connectivity index (χ1n) is 32.1. The van der Waals surface area contributed by atoms with Gasteiger partial charge in [-0.15, -0.1) is 56.7 Å². The van der Waals surface area contributed by atoms with Crippen LogP contribution in [0.5, 0.6) is 5.75 Å². The lowest BCUT2D eigenvalue weighted by molar-refractivity contribution is -0.270. The van der Waals surface area contributed by atoms with Crippen LogP contribution in [0.3, 0.4) is 0 Å². The van der Waals surface area contributed by atoms with Crippen molar-refractivity contribution in [3.05, 3.63) is 112 Å². The van der Waals surface area contributed by atoms with Gasteiger partial charge in [-0.25, -0.2) is 39.5 Å². The third-order valence-corrected chi connectivity index (χ3v) is 23.3. The summed E-state index contributed by atoms with van der Waals surface area (Å²) in [6.45, 7) is 11.7. The Morgan fingerprint density at radius 2 is 1.51 bits per heavy atom. The number of aliphatic hydroxyl groups excluding tert-OH is 1. The lowest BCUT2D eigenvalue weighted by Crippen LogP contribution is -2.61. The number of carbonyl (C=O) groups excluding carboxylic acids is 7. The number of allylic oxidation sites excluding steroid dienone is 1. The molecule has 11 atom stereocenters. The Morgan fingerprint density at radius 1 is 0.833 bits per heavy atom. The molecule has 12 bridgehead atoms. The smallest absolute Gasteiger partial charge is 0.358 e. The molecular formula is C65H68N14O18S5. The van der Waals surface area contributed by atoms with Crippen molar-refractivity contribution in [3.8, 4) is 38.4 Å². The molecule has 37 heteroatoms. The molecule has 1 aromatic carbocycles. The van der Waals surface area contributed by atoms with E-state index in [0.29, 0.717) is 36.6 Å². The van der Waals surface area contributed by atoms with Crippen LogP contribution in [0.2, 0.25) is 0 Å². The van der Waals surface area contributed by atoms with E-state index in [0.717, 1.165) is 56.7 Å². The highest BCUT2D eigenvalue weighted by atomic mass is 32.1. The van der Waals surface area contributed by atoms with Gasteiger partial charge in [0.15, 0.2) is 18.1 Å². The number of aliphatic hydroxyl groups is 1. The predicted molar refractivity (Wildman–Crippen MR) is 366 cm³/mol. The number of nitrogens with one attached hydrogen (secondary N) is 4. The van der Waals surface area contributed by atoms with Gasteiger partial charge < -0.3 is 80.3 Å². The SMILES string of the molecule is CO/C(C)=C1/NC(=O)C(C(C)O)NC(=O)c2csc(n2)-c2cc(O)c(-c3nc(C(N)=O)cs3)nc2-c2csc(n2)C2COC(=O)c3c4c5c(cccc5n3O)COC(=O)C(OC3CC5(C)OC(C(C)(C)N6CCOCC6)N(C)C5C(C)O3)C(OC4)C(NC(=O)c3csc1n3)c1nc(cs1)C(=O)N2. The summed E-state index contributed by atoms with van der Waals surface area (Å²) in [6, 6.07) is 1.13. The van der Waals surface area contributed by atoms with Crippen LogP contribution < -0.4 is 27.0 Å². The van der Waals surface area contributed by atoms with Crippen LogP contribution in [-0.4, -0.2) is 209 Å². The van der Waals surface area contributed by atoms with E-state index in [2.05, 4.69) is 59.9 Å². The normalized spacial score (nSPS) is 26.3. The fourth-order valence-electron chi connectivity index (χ4n) is 13.8. The van der Waals surface area contributed by atoms with Crippen LogP contribution >= 0.6 is 56.7 Å². The van der Waals surface area contributed by atoms with Crippen molar-refractivity contribution in [1.29, 1.82) is 0 Å². The molecule has 13 heterocycles. The number of cyclic esters (lactones) is 2. The molecule has 6 aliphatic rings. The number of morpholine rings is 1. The summed E-state index contributed by atoms with van der Waals surface area (Å²) in [5.41, 5.74) is 3.33. The third-order valence-electron chi connectivity index (χ3n) is 18.8. The molecule has 0 spiro atoms. The molecule has 536 valence electrons. The number of fused-ring (bicyclic) bond motifs is 16. The van der Waals surface area contributed by atoms with Crippen LogP contribution in [0.4, 0.5) is 0 Å². The maximum Gasteiger partial charge on any atom is 0.358 e. The molecule has 32 nitrogen and oxygen atoms in total. The number of hydrogen-bond acceptors (Lipinski definition) is 31. The zero-order valence-electron chi connectivity index (χ0n) is 55.7. The molecule has 0 radical (unpaired) electrons. The van der Waals surface area contributed by atoms with Gasteiger partial charge in [0.2, 0.25) is 5.91 Å². The second kappa shape index (κ2) is 27.7. The first kappa shape index (κ1) is 70.2. The number of carbonyl (C=O) groups is 7. The number of aromatic hydroxyl groups is 1. The number of pyridine rings is 1. The number of primary amides is 1. The van der Waals surface area contributed by atoms with E-state index in [-0.39, 0.29) is 111 Å². The number of nitrogens with zero attached hydrogens (tertiary/aromatic N) is 9. The molecule has 7 aromatic heterocycles. The number of hydrogen-bond donors (Lipinski definition) is 8. The molecule has 14 rings (SSSR count). The fraction of sp³-hybridized carbons (Fsp3) is 0.431. The number of likely N-dealkylation sites (N-methyl/N-ethyl adjacent to an activating group) is 1. The number of methoxy groups -OCH3 is 1. The van der Waals surface area contributed by atoms with Gasteiger partial charge in [-0.3, -0.25) is 33.8 Å². The predicted octanol–water partition coefficient (Wildman–Crippen LogP) is 5.11. The van der Waals surface area contributed by atoms with Gasteiger partial charge >= 0.3 is 11.9 Å². The quantitative estimate of drug-likeness (QED) is 0.0556. The van der Waals surface area contributed by atoms with Crippen molar-refractivity contribution in [2.75, 3.05) is 47.1 Å². The van der Waals surface area contributed by atoms with Crippen molar-refractivity contribution < 1.29 is 86.9 Å². The van der Waals surface area contributed by atoms with Gasteiger partial charge in [0, 0.05) is 62.9 Å². The molecule has 3 fully saturated rings. The minimum absolute atomic E-state index is 0.00805. The van der Waals surface area contributed by atoms with Crippen molar-refractivity contribution >= 4 is 115 Å². The Kier molecular flexibility index (Phi) is 19.1. The van der Waals surface area contributed by atoms with Gasteiger partial charge in [-0.1, -0.05) is 12.1 Å². The lowest BCUT2D eigenvalue weighted by atomic mass is 9.86. The van der Waals surface area contributed by atoms with Crippen molar-refractivity contribution in [1.82, 2.24) is 65.7 Å². The van der Waals surface area contributed by atoms with E-state index in [1.165, 1.54) is 54.6 Å². The number of aromatic nitrogens is 7. The van der Waals surface area contributed by atoms with E-state index in [1.807, 2.05) is 20.9 Å². The lowest BCUT2D eigenvalue weighted by Gasteiger charge is -2.46. The first-order chi connectivity index (χ1) is 48.8. The summed E-state index contributed by atoms with van der Waals surface area (Å²) in [6.07, 6.45) is -7.39. The number of esters is 2. The number of benzene rings is 1. The summed E-state index contributed by atoms with van der Waals surface area (Å²) >= 11 is 4.69. The second-order valence-corrected chi connectivity index (χ2v) is 30.1. The van der Waals surface area contributed by atoms with Crippen molar-refractivity contribution in [2.24, 2.45) is 5.73 Å². The van der Waals surface area contributed by atoms with Gasteiger partial charge in [-0.05, 0) is 66.3 Å². The summed E-state index contributed by atoms with van der Waals surface area (Å²) in [5.74, 6) is -6.93. The first-order valence-corrected chi connectivity index (χ1v) is 36.5. The molecule has 5 amide bonds. The van der Waals surface area contributed by atoms with Gasteiger partial charge in [0.25, 0.3) is 23.6 Å². The topological polar surface area (TPSA) is 417 Å². The van der Waals surface area contributed by atoms with E-state index < -0.39 is 139 Å². The highest BCUT2D eigenvalue weighted by molar-refractivity contribution is 7.14. The molecular weight excluding hydrogens is 1430 g/mol. The summed E-state index contributed by atoms with van der Waals surface area (Å²) in [5, 5.41) is 53.9. The van der Waals surface area contributed by atoms with E-state index in [9.17, 15) is 29.8 Å². The largest absolute Gasteiger partial charge is 0.506 e. The van der Waals surface area contributed by atoms with Crippen LogP contribution in [0.1, 0.15) is 139 Å². The van der Waals surface area contributed by atoms with E-state index in [1.54, 1.807) is 17.5 Å². The Balaban J connectivity index is 0.921. The summed E-state index contributed by atoms with van der Waals surface area (Å²) in [4.78, 5) is 135. The number of nitrogens with two attached hydrogens (primary N) is 1. The van der Waals surface area contributed by atoms with Gasteiger partial charge in [0.1, 0.15) is 126 Å². The van der Waals surface area contributed by atoms with Crippen LogP contribution in [0.25, 0.3) is 49.3 Å². The average Bonchev–Trinajstić information content (AvgIpc) is 1.58. The number of thiazole rings is 5. The Morgan fingerprint density at radius 3 is 2.25 bits per heavy atom. The van der Waals surface area contributed by atoms with E-state index >= 15 is 19.2 Å². The molecule has 8 aromatic rings. The van der Waals surface area contributed by atoms with E-state index in [4.69, 9.17) is 58.6 Å². The third kappa shape index (κ3) is 13.0. The minimum Gasteiger partial charge on any atom is -0.506 e. The standard InChI is InChI=1S/C65H68N14O18S5/c1-26(80)42-55(86)75-43(27(2)90-8)58-71-37(25-101-58)54(85)76-46-48-49(96-40-17-65(6)50(28(3)95-40)77(7)63(97-65)64(4,5)78-12-14-91-15-13-78)62(88)93-18-29-10-9-11-38-41(29)31(19-92-48)47(79(38)89)61(87)94-20-32(67-52(83)35-24-102-60(46)72-35)57-68-33(21-99-57)44-30(56-70-36(23-98-56)53(84)74-42)16-39(81)45(73-44)59-69-34(22-100-59)51(66)82/h9-11,16,21-26,28,32,40,42,46,48-50,63,80-81,89H,12-15,17-20H2,1-8H3,(H2,66,82)(H,67,83)(H,74,84)(H,75,86)(H,76,85)/b43-27+. The molecule has 102 heavy (non-hydrogen) atoms. The van der Waals surface area contributed by atoms with Crippen LogP contribution in [0.15, 0.2) is 56.9 Å². The maximum absolute atomic E-state index is 15.5. The van der Waals surface area contributed by atoms with Gasteiger partial charge in [0.05, 0.1) is 61.8 Å². The Hall–Kier alpha value is -8.83. The number of rotatable bonds is 8. The summed E-state index contributed by atoms with van der Waals surface area (Å²) in [7, 11) is 3.31. The minimum atomic E-state index is -1.87. The Labute approximate surface area is 600 Å². The second-order valence-electron chi connectivity index (χ2n) is 25.8. The monoisotopic (exact) mass is 1490 g/mol. The number of ether oxygens (including phenoxy) is 8. The molecule has 6 aliphatic heterocycles. The van der Waals surface area contributed by atoms with Gasteiger partial charge in [-0.2, -0.15) is 4.73 Å².